The van der Waals surface area contributed by atoms with E-state index >= 15 is 0 Å². The molecule has 0 aliphatic carbocycles. The molecule has 0 saturated carbocycles. The number of fused-ring (bicyclic) bond motifs is 3. The summed E-state index contributed by atoms with van der Waals surface area (Å²) in [5.74, 6) is 0.869. The van der Waals surface area contributed by atoms with Crippen molar-refractivity contribution in [3.63, 3.8) is 0 Å². The zero-order valence-corrected chi connectivity index (χ0v) is 17.6. The third-order valence-corrected chi connectivity index (χ3v) is 6.22. The molecule has 3 aromatic heterocycles. The molecule has 0 bridgehead atoms. The van der Waals surface area contributed by atoms with Gasteiger partial charge in [0.05, 0.1) is 0 Å². The molecule has 150 valence electrons. The fraction of sp³-hybridized carbons (Fsp3) is 0.318. The van der Waals surface area contributed by atoms with Crippen LogP contribution >= 0.6 is 11.3 Å². The minimum atomic E-state index is -0.233. The third-order valence-electron chi connectivity index (χ3n) is 5.30. The van der Waals surface area contributed by atoms with Gasteiger partial charge in [0.15, 0.2) is 0 Å². The molecule has 0 saturated heterocycles. The zero-order chi connectivity index (χ0) is 20.5. The van der Waals surface area contributed by atoms with Crippen LogP contribution in [-0.2, 0) is 17.8 Å². The van der Waals surface area contributed by atoms with Crippen molar-refractivity contribution in [1.29, 1.82) is 0 Å². The van der Waals surface area contributed by atoms with Crippen LogP contribution in [0.15, 0.2) is 52.6 Å². The maximum atomic E-state index is 13.0. The Hall–Kier alpha value is -2.93. The Labute approximate surface area is 173 Å². The first-order valence-electron chi connectivity index (χ1n) is 9.77. The number of thiophene rings is 1. The first kappa shape index (κ1) is 19.4. The summed E-state index contributed by atoms with van der Waals surface area (Å²) in [4.78, 5) is 28.5. The highest BCUT2D eigenvalue weighted by Crippen LogP contribution is 2.24. The second-order valence-electron chi connectivity index (χ2n) is 7.36. The molecule has 6 nitrogen and oxygen atoms in total. The Morgan fingerprint density at radius 3 is 2.72 bits per heavy atom. The van der Waals surface area contributed by atoms with Crippen molar-refractivity contribution in [1.82, 2.24) is 19.1 Å². The Kier molecular flexibility index (Phi) is 5.24. The monoisotopic (exact) mass is 408 g/mol. The lowest BCUT2D eigenvalue weighted by Crippen LogP contribution is -2.37. The Bertz CT molecular complexity index is 1220. The van der Waals surface area contributed by atoms with Crippen molar-refractivity contribution < 1.29 is 4.79 Å². The van der Waals surface area contributed by atoms with Crippen molar-refractivity contribution in [2.75, 3.05) is 13.6 Å². The Morgan fingerprint density at radius 1 is 1.24 bits per heavy atom. The topological polar surface area (TPSA) is 59.6 Å². The van der Waals surface area contributed by atoms with Gasteiger partial charge in [-0.3, -0.25) is 14.0 Å². The highest BCUT2D eigenvalue weighted by atomic mass is 32.1. The molecule has 7 heteroatoms. The van der Waals surface area contributed by atoms with Crippen LogP contribution in [0.5, 0.6) is 0 Å². The van der Waals surface area contributed by atoms with E-state index in [1.807, 2.05) is 47.0 Å². The average molecular weight is 409 g/mol. The molecule has 0 spiro atoms. The van der Waals surface area contributed by atoms with E-state index < -0.39 is 0 Å². The summed E-state index contributed by atoms with van der Waals surface area (Å²) in [7, 11) is 1.78. The number of amides is 1. The molecule has 0 aliphatic heterocycles. The summed E-state index contributed by atoms with van der Waals surface area (Å²) in [6.45, 7) is 4.63. The number of hydrogen-bond donors (Lipinski definition) is 0. The van der Waals surface area contributed by atoms with Crippen molar-refractivity contribution >= 4 is 33.0 Å². The summed E-state index contributed by atoms with van der Waals surface area (Å²) in [5.41, 5.74) is 1.53. The van der Waals surface area contributed by atoms with E-state index in [9.17, 15) is 9.59 Å². The van der Waals surface area contributed by atoms with Crippen LogP contribution in [0.4, 0.5) is 0 Å². The Balaban J connectivity index is 1.59. The second-order valence-corrected chi connectivity index (χ2v) is 8.26. The number of aryl methyl sites for hydroxylation is 1. The molecule has 29 heavy (non-hydrogen) atoms. The smallest absolute Gasteiger partial charge is 0.291 e. The maximum absolute atomic E-state index is 13.0. The van der Waals surface area contributed by atoms with Crippen molar-refractivity contribution in [3.05, 3.63) is 69.6 Å². The highest BCUT2D eigenvalue weighted by Gasteiger charge is 2.19. The second kappa shape index (κ2) is 7.83. The van der Waals surface area contributed by atoms with Gasteiger partial charge >= 0.3 is 0 Å². The summed E-state index contributed by atoms with van der Waals surface area (Å²) >= 11 is 1.59. The van der Waals surface area contributed by atoms with E-state index in [0.717, 1.165) is 16.0 Å². The van der Waals surface area contributed by atoms with Crippen LogP contribution in [0, 0.1) is 0 Å². The van der Waals surface area contributed by atoms with E-state index in [-0.39, 0.29) is 23.9 Å². The standard InChI is InChI=1S/C22H24N4O2S/c1-4-19-23-25(21(28)18-12-17-10-11-29-22(17)26(18)19)14-20(27)24(3)13-15(2)16-8-6-5-7-9-16/h5-12,15H,4,13-14H2,1-3H3. The van der Waals surface area contributed by atoms with E-state index in [4.69, 9.17) is 0 Å². The fourth-order valence-corrected chi connectivity index (χ4v) is 4.60. The lowest BCUT2D eigenvalue weighted by atomic mass is 10.0. The normalized spacial score (nSPS) is 12.5. The number of hydrogen-bond acceptors (Lipinski definition) is 4. The fourth-order valence-electron chi connectivity index (χ4n) is 3.68. The van der Waals surface area contributed by atoms with Crippen LogP contribution < -0.4 is 5.56 Å². The van der Waals surface area contributed by atoms with Gasteiger partial charge in [0.1, 0.15) is 22.7 Å². The molecule has 3 heterocycles. The minimum Gasteiger partial charge on any atom is -0.344 e. The summed E-state index contributed by atoms with van der Waals surface area (Å²) < 4.78 is 3.23. The van der Waals surface area contributed by atoms with Gasteiger partial charge < -0.3 is 4.90 Å². The lowest BCUT2D eigenvalue weighted by Gasteiger charge is -2.22. The van der Waals surface area contributed by atoms with Crippen LogP contribution in [0.2, 0.25) is 0 Å². The molecule has 1 atom stereocenters. The third kappa shape index (κ3) is 3.58. The predicted molar refractivity (Wildman–Crippen MR) is 117 cm³/mol. The molecule has 0 radical (unpaired) electrons. The largest absolute Gasteiger partial charge is 0.344 e. The summed E-state index contributed by atoms with van der Waals surface area (Å²) in [6, 6.07) is 14.0. The number of aromatic nitrogens is 3. The molecule has 1 unspecified atom stereocenters. The van der Waals surface area contributed by atoms with Gasteiger partial charge in [0.2, 0.25) is 5.91 Å². The van der Waals surface area contributed by atoms with Crippen LogP contribution in [-0.4, -0.2) is 38.6 Å². The van der Waals surface area contributed by atoms with Crippen LogP contribution in [0.25, 0.3) is 15.7 Å². The van der Waals surface area contributed by atoms with Crippen LogP contribution in [0.3, 0.4) is 0 Å². The molecule has 4 rings (SSSR count). The van der Waals surface area contributed by atoms with Gasteiger partial charge in [0.25, 0.3) is 5.56 Å². The molecule has 0 aliphatic rings. The van der Waals surface area contributed by atoms with Gasteiger partial charge in [-0.25, -0.2) is 4.68 Å². The van der Waals surface area contributed by atoms with E-state index in [1.54, 1.807) is 23.3 Å². The predicted octanol–water partition coefficient (Wildman–Crippen LogP) is 3.54. The van der Waals surface area contributed by atoms with Gasteiger partial charge in [-0.05, 0) is 29.0 Å². The van der Waals surface area contributed by atoms with Crippen molar-refractivity contribution in [2.45, 2.75) is 32.7 Å². The number of likely N-dealkylation sites (N-methyl/N-ethyl adjacent to an activating group) is 1. The van der Waals surface area contributed by atoms with E-state index in [1.165, 1.54) is 10.2 Å². The quantitative estimate of drug-likeness (QED) is 0.490. The molecule has 0 N–H and O–H groups in total. The number of benzene rings is 1. The Morgan fingerprint density at radius 2 is 2.00 bits per heavy atom. The molecular formula is C22H24N4O2S. The molecule has 4 aromatic rings. The van der Waals surface area contributed by atoms with Crippen molar-refractivity contribution in [2.24, 2.45) is 0 Å². The first-order valence-corrected chi connectivity index (χ1v) is 10.6. The number of nitrogens with zero attached hydrogens (tertiary/aromatic N) is 4. The van der Waals surface area contributed by atoms with E-state index in [2.05, 4.69) is 24.2 Å². The average Bonchev–Trinajstić information content (AvgIpc) is 3.32. The maximum Gasteiger partial charge on any atom is 0.291 e. The van der Waals surface area contributed by atoms with Gasteiger partial charge in [0, 0.05) is 25.4 Å². The number of carbonyl (C=O) groups excluding carboxylic acids is 1. The molecule has 1 amide bonds. The SMILES string of the molecule is CCc1nn(CC(=O)N(C)CC(C)c2ccccc2)c(=O)c2cc3ccsc3n12. The molecule has 0 fully saturated rings. The zero-order valence-electron chi connectivity index (χ0n) is 16.8. The van der Waals surface area contributed by atoms with Gasteiger partial charge in [-0.1, -0.05) is 44.2 Å². The lowest BCUT2D eigenvalue weighted by molar-refractivity contribution is -0.131. The molecule has 1 aromatic carbocycles. The first-order chi connectivity index (χ1) is 14.0. The highest BCUT2D eigenvalue weighted by molar-refractivity contribution is 7.16. The summed E-state index contributed by atoms with van der Waals surface area (Å²) in [6.07, 6.45) is 0.674. The van der Waals surface area contributed by atoms with Crippen molar-refractivity contribution in [3.8, 4) is 0 Å². The minimum absolute atomic E-state index is 0.0564. The number of carbonyl (C=O) groups is 1. The number of rotatable bonds is 6. The van der Waals surface area contributed by atoms with Gasteiger partial charge in [-0.2, -0.15) is 5.10 Å². The van der Waals surface area contributed by atoms with E-state index in [0.29, 0.717) is 18.5 Å². The summed E-state index contributed by atoms with van der Waals surface area (Å²) in [5, 5.41) is 7.54. The van der Waals surface area contributed by atoms with Crippen LogP contribution in [0.1, 0.15) is 31.2 Å². The molecular weight excluding hydrogens is 384 g/mol. The van der Waals surface area contributed by atoms with Gasteiger partial charge in [-0.15, -0.1) is 11.3 Å².